The molecule has 2 rings (SSSR count). The molecule has 1 heterocycles. The van der Waals surface area contributed by atoms with E-state index in [1.165, 1.54) is 6.07 Å². The fraction of sp³-hybridized carbons (Fsp3) is 0.571. The number of rotatable bonds is 2. The summed E-state index contributed by atoms with van der Waals surface area (Å²) in [5, 5.41) is 3.73. The molecule has 1 aromatic rings. The first-order valence-electron chi connectivity index (χ1n) is 6.39. The molecule has 4 heteroatoms. The van der Waals surface area contributed by atoms with Crippen LogP contribution in [0.4, 0.5) is 10.1 Å². The highest BCUT2D eigenvalue weighted by Gasteiger charge is 2.31. The summed E-state index contributed by atoms with van der Waals surface area (Å²) in [5.41, 5.74) is 1.06. The third kappa shape index (κ3) is 2.78. The van der Waals surface area contributed by atoms with Gasteiger partial charge in [-0.3, -0.25) is 0 Å². The highest BCUT2D eigenvalue weighted by molar-refractivity contribution is 6.31. The number of hydrogen-bond acceptors (Lipinski definition) is 2. The van der Waals surface area contributed by atoms with Gasteiger partial charge in [-0.15, -0.1) is 0 Å². The molecule has 1 unspecified atom stereocenters. The zero-order chi connectivity index (χ0) is 13.3. The molecule has 1 aliphatic rings. The maximum Gasteiger partial charge on any atom is 0.141 e. The summed E-state index contributed by atoms with van der Waals surface area (Å²) in [6.07, 6.45) is 1.05. The normalized spacial score (nSPS) is 23.2. The summed E-state index contributed by atoms with van der Waals surface area (Å²) in [6, 6.07) is 5.41. The van der Waals surface area contributed by atoms with Crippen molar-refractivity contribution in [2.45, 2.75) is 38.8 Å². The quantitative estimate of drug-likeness (QED) is 0.886. The van der Waals surface area contributed by atoms with Crippen molar-refractivity contribution in [1.29, 1.82) is 0 Å². The molecule has 1 fully saturated rings. The molecule has 1 aromatic carbocycles. The maximum atomic E-state index is 13.2. The lowest BCUT2D eigenvalue weighted by atomic mass is 9.97. The standard InChI is InChI=1S/C14H20ClFN2/c1-4-10-8-17-14(2,3)9-18(10)11-5-6-13(16)12(15)7-11/h5-7,10,17H,4,8-9H2,1-3H3. The van der Waals surface area contributed by atoms with Crippen molar-refractivity contribution in [2.24, 2.45) is 0 Å². The van der Waals surface area contributed by atoms with E-state index in [1.54, 1.807) is 6.07 Å². The van der Waals surface area contributed by atoms with Gasteiger partial charge in [0.15, 0.2) is 0 Å². The van der Waals surface area contributed by atoms with E-state index >= 15 is 0 Å². The van der Waals surface area contributed by atoms with E-state index in [9.17, 15) is 4.39 Å². The second-order valence-corrected chi connectivity index (χ2v) is 5.96. The van der Waals surface area contributed by atoms with E-state index in [0.717, 1.165) is 25.2 Å². The van der Waals surface area contributed by atoms with Gasteiger partial charge in [0.25, 0.3) is 0 Å². The van der Waals surface area contributed by atoms with Crippen LogP contribution in [-0.2, 0) is 0 Å². The van der Waals surface area contributed by atoms with Crippen molar-refractivity contribution in [3.05, 3.63) is 29.0 Å². The predicted molar refractivity (Wildman–Crippen MR) is 74.9 cm³/mol. The van der Waals surface area contributed by atoms with Crippen molar-refractivity contribution in [2.75, 3.05) is 18.0 Å². The molecule has 0 spiro atoms. The lowest BCUT2D eigenvalue weighted by molar-refractivity contribution is 0.306. The molecule has 18 heavy (non-hydrogen) atoms. The van der Waals surface area contributed by atoms with Crippen LogP contribution in [0.3, 0.4) is 0 Å². The van der Waals surface area contributed by atoms with Crippen LogP contribution in [0, 0.1) is 5.82 Å². The zero-order valence-corrected chi connectivity index (χ0v) is 11.9. The first kappa shape index (κ1) is 13.6. The van der Waals surface area contributed by atoms with E-state index < -0.39 is 0 Å². The smallest absolute Gasteiger partial charge is 0.141 e. The molecule has 0 aromatic heterocycles. The molecular formula is C14H20ClFN2. The molecule has 100 valence electrons. The summed E-state index contributed by atoms with van der Waals surface area (Å²) in [6.45, 7) is 8.36. The fourth-order valence-electron chi connectivity index (χ4n) is 2.45. The number of piperazine rings is 1. The maximum absolute atomic E-state index is 13.2. The molecule has 1 atom stereocenters. The second kappa shape index (κ2) is 5.06. The number of anilines is 1. The number of nitrogens with zero attached hydrogens (tertiary/aromatic N) is 1. The first-order chi connectivity index (χ1) is 8.43. The van der Waals surface area contributed by atoms with Crippen molar-refractivity contribution < 1.29 is 4.39 Å². The zero-order valence-electron chi connectivity index (χ0n) is 11.1. The third-order valence-electron chi connectivity index (χ3n) is 3.53. The van der Waals surface area contributed by atoms with Gasteiger partial charge in [0.1, 0.15) is 5.82 Å². The Morgan fingerprint density at radius 1 is 1.50 bits per heavy atom. The Labute approximate surface area is 113 Å². The topological polar surface area (TPSA) is 15.3 Å². The lowest BCUT2D eigenvalue weighted by Gasteiger charge is -2.45. The van der Waals surface area contributed by atoms with Gasteiger partial charge in [0.05, 0.1) is 5.02 Å². The van der Waals surface area contributed by atoms with Crippen molar-refractivity contribution in [1.82, 2.24) is 5.32 Å². The molecule has 0 bridgehead atoms. The van der Waals surface area contributed by atoms with E-state index in [2.05, 4.69) is 31.0 Å². The summed E-state index contributed by atoms with van der Waals surface area (Å²) >= 11 is 5.88. The molecule has 1 saturated heterocycles. The highest BCUT2D eigenvalue weighted by atomic mass is 35.5. The molecule has 2 nitrogen and oxygen atoms in total. The summed E-state index contributed by atoms with van der Waals surface area (Å²) in [5.74, 6) is -0.358. The van der Waals surface area contributed by atoms with Gasteiger partial charge in [0, 0.05) is 30.4 Å². The summed E-state index contributed by atoms with van der Waals surface area (Å²) in [7, 11) is 0. The van der Waals surface area contributed by atoms with Gasteiger partial charge >= 0.3 is 0 Å². The van der Waals surface area contributed by atoms with Crippen LogP contribution in [0.1, 0.15) is 27.2 Å². The minimum atomic E-state index is -0.358. The number of benzene rings is 1. The second-order valence-electron chi connectivity index (χ2n) is 5.55. The predicted octanol–water partition coefficient (Wildman–Crippen LogP) is 3.45. The Morgan fingerprint density at radius 3 is 2.83 bits per heavy atom. The number of halogens is 2. The van der Waals surface area contributed by atoms with Crippen LogP contribution in [0.25, 0.3) is 0 Å². The average Bonchev–Trinajstić information content (AvgIpc) is 2.32. The lowest BCUT2D eigenvalue weighted by Crippen LogP contribution is -2.61. The Morgan fingerprint density at radius 2 is 2.22 bits per heavy atom. The minimum Gasteiger partial charge on any atom is -0.365 e. The van der Waals surface area contributed by atoms with Crippen molar-refractivity contribution in [3.63, 3.8) is 0 Å². The van der Waals surface area contributed by atoms with Gasteiger partial charge in [-0.05, 0) is 38.5 Å². The Balaban J connectivity index is 2.29. The van der Waals surface area contributed by atoms with E-state index in [1.807, 2.05) is 6.07 Å². The van der Waals surface area contributed by atoms with Crippen LogP contribution in [0.5, 0.6) is 0 Å². The minimum absolute atomic E-state index is 0.0620. The number of hydrogen-bond donors (Lipinski definition) is 1. The fourth-order valence-corrected chi connectivity index (χ4v) is 2.62. The largest absolute Gasteiger partial charge is 0.365 e. The van der Waals surface area contributed by atoms with Crippen LogP contribution >= 0.6 is 11.6 Å². The van der Waals surface area contributed by atoms with Crippen LogP contribution < -0.4 is 10.2 Å². The Hall–Kier alpha value is -0.800. The van der Waals surface area contributed by atoms with Crippen LogP contribution in [0.2, 0.25) is 5.02 Å². The third-order valence-corrected chi connectivity index (χ3v) is 3.82. The van der Waals surface area contributed by atoms with Gasteiger partial charge in [-0.2, -0.15) is 0 Å². The molecule has 1 aliphatic heterocycles. The Kier molecular flexibility index (Phi) is 3.83. The van der Waals surface area contributed by atoms with Gasteiger partial charge < -0.3 is 10.2 Å². The molecule has 0 aliphatic carbocycles. The van der Waals surface area contributed by atoms with Gasteiger partial charge in [0.2, 0.25) is 0 Å². The average molecular weight is 271 g/mol. The first-order valence-corrected chi connectivity index (χ1v) is 6.77. The van der Waals surface area contributed by atoms with Crippen LogP contribution in [0.15, 0.2) is 18.2 Å². The number of nitrogens with one attached hydrogen (secondary N) is 1. The van der Waals surface area contributed by atoms with E-state index in [0.29, 0.717) is 6.04 Å². The molecular weight excluding hydrogens is 251 g/mol. The SMILES string of the molecule is CCC1CNC(C)(C)CN1c1ccc(F)c(Cl)c1. The Bertz CT molecular complexity index is 434. The molecule has 1 N–H and O–H groups in total. The van der Waals surface area contributed by atoms with E-state index in [-0.39, 0.29) is 16.4 Å². The van der Waals surface area contributed by atoms with Crippen molar-refractivity contribution >= 4 is 17.3 Å². The highest BCUT2D eigenvalue weighted by Crippen LogP contribution is 2.28. The summed E-state index contributed by atoms with van der Waals surface area (Å²) in [4.78, 5) is 2.32. The van der Waals surface area contributed by atoms with E-state index in [4.69, 9.17) is 11.6 Å². The monoisotopic (exact) mass is 270 g/mol. The van der Waals surface area contributed by atoms with Crippen molar-refractivity contribution in [3.8, 4) is 0 Å². The molecule has 0 amide bonds. The van der Waals surface area contributed by atoms with Crippen LogP contribution in [-0.4, -0.2) is 24.7 Å². The molecule has 0 radical (unpaired) electrons. The summed E-state index contributed by atoms with van der Waals surface area (Å²) < 4.78 is 13.2. The van der Waals surface area contributed by atoms with Gasteiger partial charge in [-0.25, -0.2) is 4.39 Å². The molecule has 0 saturated carbocycles. The van der Waals surface area contributed by atoms with Gasteiger partial charge in [-0.1, -0.05) is 18.5 Å².